The zero-order valence-corrected chi connectivity index (χ0v) is 12.2. The van der Waals surface area contributed by atoms with Crippen molar-refractivity contribution < 1.29 is 14.5 Å². The number of carbonyl (C=O) groups excluding carboxylic acids is 1. The number of hydrogen-bond acceptors (Lipinski definition) is 6. The molecule has 0 aliphatic carbocycles. The number of para-hydroxylation sites is 1. The lowest BCUT2D eigenvalue weighted by atomic mass is 10.2. The van der Waals surface area contributed by atoms with E-state index in [-0.39, 0.29) is 11.4 Å². The molecule has 0 bridgehead atoms. The SMILES string of the molecule is COc1ccc(/C=N\NC(=O)c2ccccc2N)cc1[N+](=O)[O-]. The molecule has 0 unspecified atom stereocenters. The van der Waals surface area contributed by atoms with Crippen LogP contribution in [0.4, 0.5) is 11.4 Å². The van der Waals surface area contributed by atoms with Crippen LogP contribution in [0.25, 0.3) is 0 Å². The highest BCUT2D eigenvalue weighted by Gasteiger charge is 2.14. The molecule has 0 aromatic heterocycles. The fourth-order valence-corrected chi connectivity index (χ4v) is 1.86. The summed E-state index contributed by atoms with van der Waals surface area (Å²) in [7, 11) is 1.35. The molecule has 0 aliphatic heterocycles. The van der Waals surface area contributed by atoms with E-state index in [0.29, 0.717) is 16.8 Å². The molecule has 2 rings (SSSR count). The second-order valence-corrected chi connectivity index (χ2v) is 4.47. The Bertz CT molecular complexity index is 774. The standard InChI is InChI=1S/C15H14N4O4/c1-23-14-7-6-10(8-13(14)19(21)22)9-17-18-15(20)11-4-2-3-5-12(11)16/h2-9H,16H2,1H3,(H,18,20)/b17-9-. The first-order valence-corrected chi connectivity index (χ1v) is 6.53. The zero-order valence-electron chi connectivity index (χ0n) is 12.2. The Kier molecular flexibility index (Phi) is 4.88. The minimum atomic E-state index is -0.556. The maximum Gasteiger partial charge on any atom is 0.311 e. The number of anilines is 1. The number of nitrogens with one attached hydrogen (secondary N) is 1. The van der Waals surface area contributed by atoms with Gasteiger partial charge in [0.1, 0.15) is 0 Å². The summed E-state index contributed by atoms with van der Waals surface area (Å²) in [4.78, 5) is 22.3. The molecule has 0 spiro atoms. The first-order chi connectivity index (χ1) is 11.0. The van der Waals surface area contributed by atoms with Gasteiger partial charge in [-0.25, -0.2) is 5.43 Å². The van der Waals surface area contributed by atoms with E-state index in [1.165, 1.54) is 25.5 Å². The van der Waals surface area contributed by atoms with Gasteiger partial charge in [-0.05, 0) is 24.3 Å². The van der Waals surface area contributed by atoms with Crippen molar-refractivity contribution in [3.63, 3.8) is 0 Å². The highest BCUT2D eigenvalue weighted by atomic mass is 16.6. The molecule has 2 aromatic carbocycles. The number of nitrogen functional groups attached to an aromatic ring is 1. The molecule has 0 saturated carbocycles. The molecule has 23 heavy (non-hydrogen) atoms. The molecule has 118 valence electrons. The van der Waals surface area contributed by atoms with Gasteiger partial charge in [0.15, 0.2) is 5.75 Å². The van der Waals surface area contributed by atoms with Gasteiger partial charge >= 0.3 is 5.69 Å². The summed E-state index contributed by atoms with van der Waals surface area (Å²) in [6.07, 6.45) is 1.30. The van der Waals surface area contributed by atoms with Gasteiger partial charge in [0.05, 0.1) is 23.8 Å². The third kappa shape index (κ3) is 3.82. The van der Waals surface area contributed by atoms with E-state index in [4.69, 9.17) is 10.5 Å². The maximum atomic E-state index is 11.9. The van der Waals surface area contributed by atoms with Crippen molar-refractivity contribution >= 4 is 23.5 Å². The van der Waals surface area contributed by atoms with Crippen LogP contribution in [0.5, 0.6) is 5.75 Å². The Balaban J connectivity index is 2.12. The molecule has 0 radical (unpaired) electrons. The predicted molar refractivity (Wildman–Crippen MR) is 85.6 cm³/mol. The molecular weight excluding hydrogens is 300 g/mol. The number of benzene rings is 2. The highest BCUT2D eigenvalue weighted by Crippen LogP contribution is 2.26. The minimum Gasteiger partial charge on any atom is -0.490 e. The third-order valence-electron chi connectivity index (χ3n) is 2.98. The smallest absolute Gasteiger partial charge is 0.311 e. The van der Waals surface area contributed by atoms with Crippen LogP contribution < -0.4 is 15.9 Å². The highest BCUT2D eigenvalue weighted by molar-refractivity contribution is 5.99. The van der Waals surface area contributed by atoms with Crippen LogP contribution >= 0.6 is 0 Å². The van der Waals surface area contributed by atoms with E-state index >= 15 is 0 Å². The van der Waals surface area contributed by atoms with Crippen molar-refractivity contribution in [1.82, 2.24) is 5.43 Å². The van der Waals surface area contributed by atoms with Crippen molar-refractivity contribution in [1.29, 1.82) is 0 Å². The van der Waals surface area contributed by atoms with E-state index in [9.17, 15) is 14.9 Å². The van der Waals surface area contributed by atoms with Gasteiger partial charge in [-0.15, -0.1) is 0 Å². The van der Waals surface area contributed by atoms with Crippen LogP contribution in [0, 0.1) is 10.1 Å². The molecule has 0 fully saturated rings. The minimum absolute atomic E-state index is 0.147. The number of nitro benzene ring substituents is 1. The van der Waals surface area contributed by atoms with Gasteiger partial charge in [0.2, 0.25) is 0 Å². The molecule has 0 heterocycles. The molecule has 1 amide bonds. The Hall–Kier alpha value is -3.42. The summed E-state index contributed by atoms with van der Waals surface area (Å²) in [5.41, 5.74) is 8.89. The first-order valence-electron chi connectivity index (χ1n) is 6.53. The monoisotopic (exact) mass is 314 g/mol. The Morgan fingerprint density at radius 1 is 1.35 bits per heavy atom. The second kappa shape index (κ2) is 7.03. The van der Waals surface area contributed by atoms with Crippen LogP contribution in [0.1, 0.15) is 15.9 Å². The summed E-state index contributed by atoms with van der Waals surface area (Å²) in [5.74, 6) is -0.324. The molecule has 2 aromatic rings. The molecule has 8 nitrogen and oxygen atoms in total. The number of hydrogen-bond donors (Lipinski definition) is 2. The fraction of sp³-hybridized carbons (Fsp3) is 0.0667. The topological polar surface area (TPSA) is 120 Å². The quantitative estimate of drug-likeness (QED) is 0.378. The van der Waals surface area contributed by atoms with Gasteiger partial charge in [-0.2, -0.15) is 5.10 Å². The molecule has 0 aliphatic rings. The van der Waals surface area contributed by atoms with Crippen LogP contribution in [-0.2, 0) is 0 Å². The zero-order chi connectivity index (χ0) is 16.8. The molecule has 0 atom stereocenters. The fourth-order valence-electron chi connectivity index (χ4n) is 1.86. The van der Waals surface area contributed by atoms with E-state index in [1.807, 2.05) is 0 Å². The predicted octanol–water partition coefficient (Wildman–Crippen LogP) is 1.95. The average molecular weight is 314 g/mol. The summed E-state index contributed by atoms with van der Waals surface area (Å²) >= 11 is 0. The first kappa shape index (κ1) is 16.0. The molecular formula is C15H14N4O4. The van der Waals surface area contributed by atoms with Gasteiger partial charge in [0.25, 0.3) is 5.91 Å². The molecule has 0 saturated heterocycles. The molecule has 3 N–H and O–H groups in total. The van der Waals surface area contributed by atoms with E-state index in [1.54, 1.807) is 30.3 Å². The van der Waals surface area contributed by atoms with Crippen LogP contribution in [0.3, 0.4) is 0 Å². The average Bonchev–Trinajstić information content (AvgIpc) is 2.55. The second-order valence-electron chi connectivity index (χ2n) is 4.47. The number of amides is 1. The van der Waals surface area contributed by atoms with Gasteiger partial charge in [-0.1, -0.05) is 12.1 Å². The number of nitrogens with zero attached hydrogens (tertiary/aromatic N) is 2. The van der Waals surface area contributed by atoms with Crippen LogP contribution in [0.15, 0.2) is 47.6 Å². The van der Waals surface area contributed by atoms with E-state index < -0.39 is 10.8 Å². The number of hydrazone groups is 1. The Morgan fingerprint density at radius 2 is 2.09 bits per heavy atom. The number of rotatable bonds is 5. The summed E-state index contributed by atoms with van der Waals surface area (Å²) in [5, 5.41) is 14.7. The Labute approximate surface area is 131 Å². The normalized spacial score (nSPS) is 10.5. The summed E-state index contributed by atoms with van der Waals surface area (Å²) in [6, 6.07) is 10.9. The van der Waals surface area contributed by atoms with Crippen molar-refractivity contribution in [2.75, 3.05) is 12.8 Å². The third-order valence-corrected chi connectivity index (χ3v) is 2.98. The maximum absolute atomic E-state index is 11.9. The van der Waals surface area contributed by atoms with E-state index in [0.717, 1.165) is 0 Å². The number of nitrogens with two attached hydrogens (primary N) is 1. The number of carbonyl (C=O) groups is 1. The lowest BCUT2D eigenvalue weighted by Gasteiger charge is -2.03. The van der Waals surface area contributed by atoms with Crippen LogP contribution in [0.2, 0.25) is 0 Å². The Morgan fingerprint density at radius 3 is 2.74 bits per heavy atom. The van der Waals surface area contributed by atoms with Crippen molar-refractivity contribution in [2.24, 2.45) is 5.10 Å². The number of methoxy groups -OCH3 is 1. The largest absolute Gasteiger partial charge is 0.490 e. The summed E-state index contributed by atoms with van der Waals surface area (Å²) < 4.78 is 4.91. The van der Waals surface area contributed by atoms with Gasteiger partial charge < -0.3 is 10.5 Å². The van der Waals surface area contributed by atoms with Crippen LogP contribution in [-0.4, -0.2) is 24.2 Å². The number of nitro groups is 1. The van der Waals surface area contributed by atoms with Crippen molar-refractivity contribution in [3.8, 4) is 5.75 Å². The lowest BCUT2D eigenvalue weighted by molar-refractivity contribution is -0.385. The lowest BCUT2D eigenvalue weighted by Crippen LogP contribution is -2.19. The van der Waals surface area contributed by atoms with Gasteiger partial charge in [-0.3, -0.25) is 14.9 Å². The van der Waals surface area contributed by atoms with Gasteiger partial charge in [0, 0.05) is 17.3 Å². The van der Waals surface area contributed by atoms with Crippen molar-refractivity contribution in [3.05, 3.63) is 63.7 Å². The number of ether oxygens (including phenoxy) is 1. The molecule has 8 heteroatoms. The summed E-state index contributed by atoms with van der Waals surface area (Å²) in [6.45, 7) is 0. The van der Waals surface area contributed by atoms with E-state index in [2.05, 4.69) is 10.5 Å². The van der Waals surface area contributed by atoms with Crippen molar-refractivity contribution in [2.45, 2.75) is 0 Å².